The molecule has 0 N–H and O–H groups in total. The first kappa shape index (κ1) is 14.9. The van der Waals surface area contributed by atoms with Gasteiger partial charge in [-0.05, 0) is 56.8 Å². The fraction of sp³-hybridized carbons (Fsp3) is 0.667. The highest BCUT2D eigenvalue weighted by molar-refractivity contribution is 5.60. The van der Waals surface area contributed by atoms with Crippen molar-refractivity contribution in [2.75, 3.05) is 44.3 Å². The summed E-state index contributed by atoms with van der Waals surface area (Å²) in [7, 11) is 0. The molecular formula is C18H28N2O. The van der Waals surface area contributed by atoms with Crippen molar-refractivity contribution >= 4 is 5.69 Å². The Bertz CT molecular complexity index is 468. The molecule has 1 saturated heterocycles. The summed E-state index contributed by atoms with van der Waals surface area (Å²) in [6, 6.07) is 7.78. The number of ether oxygens (including phenoxy) is 1. The summed E-state index contributed by atoms with van der Waals surface area (Å²) in [6.45, 7) is 10.9. The molecule has 0 radical (unpaired) electrons. The second kappa shape index (κ2) is 6.80. The maximum Gasteiger partial charge on any atom is 0.0594 e. The number of hydrogen-bond donors (Lipinski definition) is 0. The minimum Gasteiger partial charge on any atom is -0.379 e. The Labute approximate surface area is 128 Å². The maximum absolute atomic E-state index is 5.40. The quantitative estimate of drug-likeness (QED) is 0.828. The third kappa shape index (κ3) is 3.41. The van der Waals surface area contributed by atoms with E-state index in [1.54, 1.807) is 5.56 Å². The molecule has 2 heterocycles. The van der Waals surface area contributed by atoms with Gasteiger partial charge in [-0.2, -0.15) is 0 Å². The molecule has 1 unspecified atom stereocenters. The van der Waals surface area contributed by atoms with Crippen LogP contribution < -0.4 is 4.90 Å². The highest BCUT2D eigenvalue weighted by atomic mass is 16.5. The van der Waals surface area contributed by atoms with Crippen LogP contribution in [0.25, 0.3) is 0 Å². The predicted octanol–water partition coefficient (Wildman–Crippen LogP) is 2.72. The molecule has 0 bridgehead atoms. The summed E-state index contributed by atoms with van der Waals surface area (Å²) < 4.78 is 5.40. The van der Waals surface area contributed by atoms with E-state index in [9.17, 15) is 0 Å². The summed E-state index contributed by atoms with van der Waals surface area (Å²) in [6.07, 6.45) is 3.66. The smallest absolute Gasteiger partial charge is 0.0594 e. The van der Waals surface area contributed by atoms with E-state index in [0.717, 1.165) is 32.8 Å². The first-order valence-corrected chi connectivity index (χ1v) is 8.46. The molecule has 1 aromatic carbocycles. The molecule has 0 spiro atoms. The van der Waals surface area contributed by atoms with Gasteiger partial charge in [0.05, 0.1) is 13.2 Å². The molecule has 0 saturated carbocycles. The third-order valence-electron chi connectivity index (χ3n) is 4.88. The molecule has 3 rings (SSSR count). The Kier molecular flexibility index (Phi) is 4.81. The Morgan fingerprint density at radius 2 is 2.05 bits per heavy atom. The number of anilines is 1. The summed E-state index contributed by atoms with van der Waals surface area (Å²) in [5.41, 5.74) is 4.52. The van der Waals surface area contributed by atoms with E-state index in [2.05, 4.69) is 41.8 Å². The normalized spacial score (nSPS) is 22.6. The zero-order valence-corrected chi connectivity index (χ0v) is 13.5. The molecule has 21 heavy (non-hydrogen) atoms. The van der Waals surface area contributed by atoms with Crippen LogP contribution in [-0.2, 0) is 17.6 Å². The van der Waals surface area contributed by atoms with Crippen molar-refractivity contribution in [3.8, 4) is 0 Å². The maximum atomic E-state index is 5.40. The van der Waals surface area contributed by atoms with Crippen LogP contribution in [0.1, 0.15) is 31.4 Å². The molecule has 0 amide bonds. The zero-order chi connectivity index (χ0) is 14.7. The average molecular weight is 288 g/mol. The molecule has 3 nitrogen and oxygen atoms in total. The van der Waals surface area contributed by atoms with Crippen LogP contribution in [0.5, 0.6) is 0 Å². The minimum atomic E-state index is 0.661. The topological polar surface area (TPSA) is 15.7 Å². The highest BCUT2D eigenvalue weighted by Crippen LogP contribution is 2.32. The lowest BCUT2D eigenvalue weighted by Gasteiger charge is -2.26. The number of nitrogens with zero attached hydrogens (tertiary/aromatic N) is 2. The van der Waals surface area contributed by atoms with Gasteiger partial charge in [0.25, 0.3) is 0 Å². The van der Waals surface area contributed by atoms with Crippen molar-refractivity contribution in [1.29, 1.82) is 0 Å². The van der Waals surface area contributed by atoms with Gasteiger partial charge in [-0.15, -0.1) is 0 Å². The Morgan fingerprint density at radius 1 is 1.24 bits per heavy atom. The standard InChI is InChI=1S/C18H28N2O/c1-3-20-15(2)13-17-14-16(6-7-18(17)20)5-4-8-19-9-11-21-12-10-19/h6-7,14-15H,3-5,8-13H2,1-2H3. The first-order valence-electron chi connectivity index (χ1n) is 8.46. The van der Waals surface area contributed by atoms with Gasteiger partial charge in [0.15, 0.2) is 0 Å². The number of fused-ring (bicyclic) bond motifs is 1. The van der Waals surface area contributed by atoms with Crippen LogP contribution in [-0.4, -0.2) is 50.3 Å². The number of rotatable bonds is 5. The van der Waals surface area contributed by atoms with E-state index in [0.29, 0.717) is 6.04 Å². The van der Waals surface area contributed by atoms with Crippen LogP contribution in [0.15, 0.2) is 18.2 Å². The van der Waals surface area contributed by atoms with Crippen LogP contribution in [0.4, 0.5) is 5.69 Å². The van der Waals surface area contributed by atoms with Crippen molar-refractivity contribution in [3.63, 3.8) is 0 Å². The van der Waals surface area contributed by atoms with Crippen molar-refractivity contribution in [3.05, 3.63) is 29.3 Å². The molecular weight excluding hydrogens is 260 g/mol. The lowest BCUT2D eigenvalue weighted by Crippen LogP contribution is -2.36. The molecule has 1 aromatic rings. The number of benzene rings is 1. The van der Waals surface area contributed by atoms with E-state index in [-0.39, 0.29) is 0 Å². The number of likely N-dealkylation sites (N-methyl/N-ethyl adjacent to an activating group) is 1. The van der Waals surface area contributed by atoms with Gasteiger partial charge in [0.2, 0.25) is 0 Å². The number of morpholine rings is 1. The lowest BCUT2D eigenvalue weighted by atomic mass is 10.0. The van der Waals surface area contributed by atoms with Gasteiger partial charge < -0.3 is 9.64 Å². The van der Waals surface area contributed by atoms with Gasteiger partial charge in [0, 0.05) is 31.4 Å². The zero-order valence-electron chi connectivity index (χ0n) is 13.5. The molecule has 0 aromatic heterocycles. The summed E-state index contributed by atoms with van der Waals surface area (Å²) >= 11 is 0. The van der Waals surface area contributed by atoms with Crippen LogP contribution in [0.3, 0.4) is 0 Å². The van der Waals surface area contributed by atoms with E-state index >= 15 is 0 Å². The molecule has 1 fully saturated rings. The van der Waals surface area contributed by atoms with Gasteiger partial charge >= 0.3 is 0 Å². The second-order valence-corrected chi connectivity index (χ2v) is 6.36. The molecule has 2 aliphatic rings. The Morgan fingerprint density at radius 3 is 2.81 bits per heavy atom. The summed E-state index contributed by atoms with van der Waals surface area (Å²) in [4.78, 5) is 5.05. The Balaban J connectivity index is 1.54. The fourth-order valence-electron chi connectivity index (χ4n) is 3.72. The van der Waals surface area contributed by atoms with E-state index in [1.165, 1.54) is 37.1 Å². The van der Waals surface area contributed by atoms with E-state index in [4.69, 9.17) is 4.74 Å². The van der Waals surface area contributed by atoms with Crippen molar-refractivity contribution < 1.29 is 4.74 Å². The molecule has 0 aliphatic carbocycles. The van der Waals surface area contributed by atoms with Crippen molar-refractivity contribution in [2.24, 2.45) is 0 Å². The monoisotopic (exact) mass is 288 g/mol. The predicted molar refractivity (Wildman–Crippen MR) is 88.2 cm³/mol. The van der Waals surface area contributed by atoms with Gasteiger partial charge in [-0.3, -0.25) is 4.90 Å². The number of hydrogen-bond acceptors (Lipinski definition) is 3. The average Bonchev–Trinajstić information content (AvgIpc) is 2.82. The minimum absolute atomic E-state index is 0.661. The van der Waals surface area contributed by atoms with Gasteiger partial charge in [-0.1, -0.05) is 12.1 Å². The second-order valence-electron chi connectivity index (χ2n) is 6.36. The van der Waals surface area contributed by atoms with Crippen LogP contribution >= 0.6 is 0 Å². The SMILES string of the molecule is CCN1c2ccc(CCCN3CCOCC3)cc2CC1C. The Hall–Kier alpha value is -1.06. The van der Waals surface area contributed by atoms with Crippen molar-refractivity contribution in [2.45, 2.75) is 39.2 Å². The van der Waals surface area contributed by atoms with E-state index in [1.807, 2.05) is 0 Å². The largest absolute Gasteiger partial charge is 0.379 e. The molecule has 3 heteroatoms. The van der Waals surface area contributed by atoms with Crippen LogP contribution in [0.2, 0.25) is 0 Å². The first-order chi connectivity index (χ1) is 10.3. The third-order valence-corrected chi connectivity index (χ3v) is 4.88. The molecule has 116 valence electrons. The molecule has 1 atom stereocenters. The van der Waals surface area contributed by atoms with Gasteiger partial charge in [0.1, 0.15) is 0 Å². The van der Waals surface area contributed by atoms with Gasteiger partial charge in [-0.25, -0.2) is 0 Å². The van der Waals surface area contributed by atoms with Crippen molar-refractivity contribution in [1.82, 2.24) is 4.90 Å². The fourth-order valence-corrected chi connectivity index (χ4v) is 3.72. The number of aryl methyl sites for hydroxylation is 1. The van der Waals surface area contributed by atoms with Crippen LogP contribution in [0, 0.1) is 0 Å². The van der Waals surface area contributed by atoms with E-state index < -0.39 is 0 Å². The molecule has 2 aliphatic heterocycles. The lowest BCUT2D eigenvalue weighted by molar-refractivity contribution is 0.0375. The summed E-state index contributed by atoms with van der Waals surface area (Å²) in [5.74, 6) is 0. The summed E-state index contributed by atoms with van der Waals surface area (Å²) in [5, 5.41) is 0. The highest BCUT2D eigenvalue weighted by Gasteiger charge is 2.24.